The second-order valence-corrected chi connectivity index (χ2v) is 5.50. The van der Waals surface area contributed by atoms with E-state index >= 15 is 0 Å². The van der Waals surface area contributed by atoms with Crippen molar-refractivity contribution in [1.82, 2.24) is 0 Å². The van der Waals surface area contributed by atoms with Crippen molar-refractivity contribution >= 4 is 0 Å². The molecule has 3 rings (SSSR count). The Morgan fingerprint density at radius 3 is 2.77 bits per heavy atom. The maximum atomic E-state index is 6.10. The number of benzene rings is 1. The van der Waals surface area contributed by atoms with Gasteiger partial charge in [-0.3, -0.25) is 0 Å². The van der Waals surface area contributed by atoms with Crippen LogP contribution in [0.2, 0.25) is 0 Å². The van der Waals surface area contributed by atoms with Crippen LogP contribution >= 0.6 is 0 Å². The summed E-state index contributed by atoms with van der Waals surface area (Å²) in [4.78, 5) is 0. The minimum atomic E-state index is 0.647. The molecule has 2 nitrogen and oxygen atoms in total. The zero-order chi connectivity index (χ0) is 15.5. The summed E-state index contributed by atoms with van der Waals surface area (Å²) in [5.74, 6) is 1.54. The predicted molar refractivity (Wildman–Crippen MR) is 89.5 cm³/mol. The maximum Gasteiger partial charge on any atom is 0.255 e. The largest absolute Gasteiger partial charge is 0.451 e. The van der Waals surface area contributed by atoms with E-state index in [1.54, 1.807) is 0 Å². The summed E-state index contributed by atoms with van der Waals surface area (Å²) >= 11 is 0. The molecule has 110 valence electrons. The average molecular weight is 290 g/mol. The van der Waals surface area contributed by atoms with Gasteiger partial charge < -0.3 is 4.74 Å². The normalized spacial score (nSPS) is 16.7. The molecule has 0 radical (unpaired) electrons. The van der Waals surface area contributed by atoms with E-state index in [1.165, 1.54) is 11.1 Å². The molecule has 2 heterocycles. The highest BCUT2D eigenvalue weighted by Crippen LogP contribution is 2.34. The molecule has 0 bridgehead atoms. The maximum absolute atomic E-state index is 6.10. The first kappa shape index (κ1) is 14.3. The van der Waals surface area contributed by atoms with Gasteiger partial charge in [0.25, 0.3) is 5.69 Å². The number of aromatic nitrogens is 1. The van der Waals surface area contributed by atoms with Gasteiger partial charge in [-0.1, -0.05) is 43.0 Å². The van der Waals surface area contributed by atoms with Crippen molar-refractivity contribution in [3.8, 4) is 17.0 Å². The van der Waals surface area contributed by atoms with Crippen LogP contribution in [-0.4, -0.2) is 0 Å². The molecule has 1 aliphatic heterocycles. The molecule has 0 saturated carbocycles. The number of rotatable bonds is 1. The van der Waals surface area contributed by atoms with Gasteiger partial charge in [-0.25, -0.2) is 0 Å². The summed E-state index contributed by atoms with van der Waals surface area (Å²) in [6, 6.07) is 10.5. The molecule has 1 aromatic heterocycles. The van der Waals surface area contributed by atoms with Crippen LogP contribution in [0.25, 0.3) is 11.3 Å². The van der Waals surface area contributed by atoms with E-state index in [1.807, 2.05) is 25.3 Å². The summed E-state index contributed by atoms with van der Waals surface area (Å²) in [5, 5.41) is 0. The lowest BCUT2D eigenvalue weighted by Crippen LogP contribution is -2.31. The third-order valence-electron chi connectivity index (χ3n) is 3.86. The lowest BCUT2D eigenvalue weighted by atomic mass is 10.0. The summed E-state index contributed by atoms with van der Waals surface area (Å²) in [7, 11) is 2.05. The second kappa shape index (κ2) is 6.02. The third-order valence-corrected chi connectivity index (χ3v) is 3.86. The van der Waals surface area contributed by atoms with Crippen molar-refractivity contribution in [3.05, 3.63) is 84.3 Å². The minimum absolute atomic E-state index is 0.647. The molecule has 0 atom stereocenters. The smallest absolute Gasteiger partial charge is 0.255 e. The van der Waals surface area contributed by atoms with Gasteiger partial charge in [0.05, 0.1) is 5.56 Å². The van der Waals surface area contributed by atoms with Crippen molar-refractivity contribution in [2.75, 3.05) is 0 Å². The molecule has 2 heteroatoms. The van der Waals surface area contributed by atoms with Crippen molar-refractivity contribution in [2.24, 2.45) is 7.05 Å². The van der Waals surface area contributed by atoms with Crippen LogP contribution < -0.4 is 9.30 Å². The Labute approximate surface area is 131 Å². The van der Waals surface area contributed by atoms with Crippen LogP contribution in [0.5, 0.6) is 5.75 Å². The standard InChI is InChI=1S/C20H20NO/c1-15-9-7-8-12-18(15)19-20-17(13-14-21(19)3)11-6-4-5-10-16(2)22-20/h4-10,12-14H,2,11H2,1,3H3/q+1/b6-4-,10-5-. The average Bonchev–Trinajstić information content (AvgIpc) is 2.58. The number of ether oxygens (including phenoxy) is 1. The number of aryl methyl sites for hydroxylation is 2. The first-order chi connectivity index (χ1) is 10.7. The van der Waals surface area contributed by atoms with Crippen molar-refractivity contribution in [3.63, 3.8) is 0 Å². The molecule has 0 N–H and O–H groups in total. The quantitative estimate of drug-likeness (QED) is 0.722. The Bertz CT molecular complexity index is 784. The highest BCUT2D eigenvalue weighted by Gasteiger charge is 2.23. The molecule has 1 aliphatic rings. The second-order valence-electron chi connectivity index (χ2n) is 5.50. The van der Waals surface area contributed by atoms with Crippen LogP contribution in [0.4, 0.5) is 0 Å². The van der Waals surface area contributed by atoms with Gasteiger partial charge in [-0.15, -0.1) is 0 Å². The fourth-order valence-corrected chi connectivity index (χ4v) is 2.69. The van der Waals surface area contributed by atoms with Crippen LogP contribution in [0, 0.1) is 6.92 Å². The van der Waals surface area contributed by atoms with Gasteiger partial charge in [0.2, 0.25) is 5.75 Å². The van der Waals surface area contributed by atoms with E-state index in [-0.39, 0.29) is 0 Å². The molecule has 0 fully saturated rings. The number of hydrogen-bond donors (Lipinski definition) is 0. The van der Waals surface area contributed by atoms with E-state index in [2.05, 4.69) is 60.7 Å². The van der Waals surface area contributed by atoms with Crippen molar-refractivity contribution in [2.45, 2.75) is 13.3 Å². The van der Waals surface area contributed by atoms with Gasteiger partial charge in [0.15, 0.2) is 6.20 Å². The van der Waals surface area contributed by atoms with Crippen molar-refractivity contribution in [1.29, 1.82) is 0 Å². The number of nitrogens with zero attached hydrogens (tertiary/aromatic N) is 1. The number of fused-ring (bicyclic) bond motifs is 1. The Morgan fingerprint density at radius 1 is 1.14 bits per heavy atom. The number of allylic oxidation sites excluding steroid dienone is 4. The van der Waals surface area contributed by atoms with Gasteiger partial charge in [0, 0.05) is 11.6 Å². The molecular weight excluding hydrogens is 270 g/mol. The zero-order valence-electron chi connectivity index (χ0n) is 13.0. The Hall–Kier alpha value is -2.61. The molecular formula is C20H20NO+. The molecule has 0 unspecified atom stereocenters. The van der Waals surface area contributed by atoms with E-state index < -0.39 is 0 Å². The minimum Gasteiger partial charge on any atom is -0.451 e. The summed E-state index contributed by atoms with van der Waals surface area (Å²) in [5.41, 5.74) is 4.66. The first-order valence-corrected chi connectivity index (χ1v) is 7.44. The van der Waals surface area contributed by atoms with E-state index in [9.17, 15) is 0 Å². The fraction of sp³-hybridized carbons (Fsp3) is 0.150. The highest BCUT2D eigenvalue weighted by atomic mass is 16.5. The monoisotopic (exact) mass is 290 g/mol. The number of hydrogen-bond acceptors (Lipinski definition) is 1. The molecule has 22 heavy (non-hydrogen) atoms. The zero-order valence-corrected chi connectivity index (χ0v) is 13.0. The Morgan fingerprint density at radius 2 is 1.95 bits per heavy atom. The summed E-state index contributed by atoms with van der Waals surface area (Å²) in [6.45, 7) is 6.11. The molecule has 2 aromatic rings. The van der Waals surface area contributed by atoms with Gasteiger partial charge in [0.1, 0.15) is 12.8 Å². The van der Waals surface area contributed by atoms with Gasteiger partial charge >= 0.3 is 0 Å². The van der Waals surface area contributed by atoms with Gasteiger partial charge in [-0.2, -0.15) is 4.57 Å². The fourth-order valence-electron chi connectivity index (χ4n) is 2.69. The van der Waals surface area contributed by atoms with Crippen molar-refractivity contribution < 1.29 is 9.30 Å². The van der Waals surface area contributed by atoms with E-state index in [0.717, 1.165) is 23.4 Å². The molecule has 1 aromatic carbocycles. The lowest BCUT2D eigenvalue weighted by Gasteiger charge is -2.14. The highest BCUT2D eigenvalue weighted by molar-refractivity contribution is 5.69. The summed E-state index contributed by atoms with van der Waals surface area (Å²) < 4.78 is 8.21. The summed E-state index contributed by atoms with van der Waals surface area (Å²) in [6.07, 6.45) is 10.9. The first-order valence-electron chi connectivity index (χ1n) is 7.44. The Kier molecular flexibility index (Phi) is 3.92. The topological polar surface area (TPSA) is 13.1 Å². The molecule has 0 amide bonds. The van der Waals surface area contributed by atoms with Gasteiger partial charge in [-0.05, 0) is 31.1 Å². The predicted octanol–water partition coefficient (Wildman–Crippen LogP) is 4.05. The van der Waals surface area contributed by atoms with Crippen LogP contribution in [0.15, 0.2) is 73.2 Å². The Balaban J connectivity index is 2.25. The van der Waals surface area contributed by atoms with Crippen LogP contribution in [0.1, 0.15) is 11.1 Å². The molecule has 0 spiro atoms. The number of pyridine rings is 1. The van der Waals surface area contributed by atoms with E-state index in [0.29, 0.717) is 5.76 Å². The van der Waals surface area contributed by atoms with Crippen LogP contribution in [-0.2, 0) is 13.5 Å². The molecule has 0 aliphatic carbocycles. The molecule has 0 saturated heterocycles. The third kappa shape index (κ3) is 2.73. The van der Waals surface area contributed by atoms with E-state index in [4.69, 9.17) is 4.74 Å². The lowest BCUT2D eigenvalue weighted by molar-refractivity contribution is -0.660. The SMILES string of the molecule is C=C1/C=C\C=C/Cc2cc[n+](C)c(-c3ccccc3C)c2O1. The van der Waals surface area contributed by atoms with Crippen LogP contribution in [0.3, 0.4) is 0 Å².